The molecule has 0 saturated carbocycles. The molecular formula is C16H22FNO5S. The lowest BCUT2D eigenvalue weighted by Crippen LogP contribution is -2.33. The monoisotopic (exact) mass is 359 g/mol. The summed E-state index contributed by atoms with van der Waals surface area (Å²) < 4.78 is 47.6. The standard InChI is InChI=1S/C16H22FNO5S/c17-13-4-6-15(7-5-13)24(20,21)10-8-18-16(19)12-22-11-14-3-1-2-9-23-14/h4-7,14H,1-3,8-12H2,(H,18,19). The highest BCUT2D eigenvalue weighted by Gasteiger charge is 2.16. The molecule has 1 aromatic carbocycles. The number of nitrogens with one attached hydrogen (secondary N) is 1. The van der Waals surface area contributed by atoms with Crippen LogP contribution in [-0.4, -0.2) is 52.5 Å². The van der Waals surface area contributed by atoms with Gasteiger partial charge in [-0.3, -0.25) is 4.79 Å². The number of hydrogen-bond donors (Lipinski definition) is 1. The third-order valence-electron chi connectivity index (χ3n) is 3.68. The van der Waals surface area contributed by atoms with Crippen LogP contribution in [0.1, 0.15) is 19.3 Å². The number of sulfone groups is 1. The summed E-state index contributed by atoms with van der Waals surface area (Å²) in [5, 5.41) is 2.50. The van der Waals surface area contributed by atoms with Gasteiger partial charge < -0.3 is 14.8 Å². The van der Waals surface area contributed by atoms with Crippen LogP contribution in [0.2, 0.25) is 0 Å². The van der Waals surface area contributed by atoms with Crippen LogP contribution in [0.4, 0.5) is 4.39 Å². The van der Waals surface area contributed by atoms with E-state index in [4.69, 9.17) is 9.47 Å². The van der Waals surface area contributed by atoms with Gasteiger partial charge in [0.2, 0.25) is 5.91 Å². The molecule has 0 radical (unpaired) electrons. The smallest absolute Gasteiger partial charge is 0.246 e. The zero-order chi connectivity index (χ0) is 17.4. The highest BCUT2D eigenvalue weighted by atomic mass is 32.2. The van der Waals surface area contributed by atoms with Crippen LogP contribution >= 0.6 is 0 Å². The third kappa shape index (κ3) is 6.18. The molecule has 1 aliphatic heterocycles. The normalized spacial score (nSPS) is 18.3. The molecule has 8 heteroatoms. The molecule has 0 aromatic heterocycles. The van der Waals surface area contributed by atoms with Crippen molar-refractivity contribution in [2.24, 2.45) is 0 Å². The molecule has 24 heavy (non-hydrogen) atoms. The Balaban J connectivity index is 1.65. The van der Waals surface area contributed by atoms with Gasteiger partial charge >= 0.3 is 0 Å². The van der Waals surface area contributed by atoms with E-state index in [0.717, 1.165) is 38.0 Å². The molecule has 0 aliphatic carbocycles. The Kier molecular flexibility index (Phi) is 7.14. The van der Waals surface area contributed by atoms with Crippen molar-refractivity contribution in [1.82, 2.24) is 5.32 Å². The highest BCUT2D eigenvalue weighted by Crippen LogP contribution is 2.13. The van der Waals surface area contributed by atoms with Gasteiger partial charge in [-0.1, -0.05) is 0 Å². The first-order chi connectivity index (χ1) is 11.5. The zero-order valence-corrected chi connectivity index (χ0v) is 14.2. The van der Waals surface area contributed by atoms with E-state index in [1.54, 1.807) is 0 Å². The first-order valence-electron chi connectivity index (χ1n) is 7.92. The Morgan fingerprint density at radius 3 is 2.71 bits per heavy atom. The lowest BCUT2D eigenvalue weighted by molar-refractivity contribution is -0.127. The van der Waals surface area contributed by atoms with Gasteiger partial charge in [0.25, 0.3) is 0 Å². The third-order valence-corrected chi connectivity index (χ3v) is 5.41. The molecule has 1 aromatic rings. The molecule has 1 atom stereocenters. The van der Waals surface area contributed by atoms with E-state index in [0.29, 0.717) is 6.61 Å². The maximum atomic E-state index is 12.8. The number of carbonyl (C=O) groups is 1. The van der Waals surface area contributed by atoms with Crippen molar-refractivity contribution in [2.45, 2.75) is 30.3 Å². The minimum absolute atomic E-state index is 0.0260. The molecule has 134 valence electrons. The van der Waals surface area contributed by atoms with Gasteiger partial charge in [0.1, 0.15) is 12.4 Å². The second-order valence-corrected chi connectivity index (χ2v) is 7.74. The zero-order valence-electron chi connectivity index (χ0n) is 13.4. The molecule has 1 N–H and O–H groups in total. The number of amides is 1. The van der Waals surface area contributed by atoms with Gasteiger partial charge in [-0.05, 0) is 43.5 Å². The second kappa shape index (κ2) is 9.10. The van der Waals surface area contributed by atoms with Crippen LogP contribution in [0.15, 0.2) is 29.2 Å². The number of benzene rings is 1. The summed E-state index contributed by atoms with van der Waals surface area (Å²) in [4.78, 5) is 11.7. The summed E-state index contributed by atoms with van der Waals surface area (Å²) in [7, 11) is -3.55. The van der Waals surface area contributed by atoms with Crippen molar-refractivity contribution in [2.75, 3.05) is 32.1 Å². The fourth-order valence-corrected chi connectivity index (χ4v) is 3.51. The highest BCUT2D eigenvalue weighted by molar-refractivity contribution is 7.91. The van der Waals surface area contributed by atoms with E-state index < -0.39 is 15.7 Å². The van der Waals surface area contributed by atoms with Crippen molar-refractivity contribution >= 4 is 15.7 Å². The quantitative estimate of drug-likeness (QED) is 0.708. The summed E-state index contributed by atoms with van der Waals surface area (Å²) in [5.41, 5.74) is 0. The molecule has 1 fully saturated rings. The molecule has 1 aliphatic rings. The average Bonchev–Trinajstić information content (AvgIpc) is 2.56. The van der Waals surface area contributed by atoms with E-state index in [1.165, 1.54) is 12.1 Å². The van der Waals surface area contributed by atoms with Crippen molar-refractivity contribution in [1.29, 1.82) is 0 Å². The Bertz CT molecular complexity index is 626. The summed E-state index contributed by atoms with van der Waals surface area (Å²) in [6, 6.07) is 4.60. The predicted octanol–water partition coefficient (Wildman–Crippen LogP) is 1.30. The number of hydrogen-bond acceptors (Lipinski definition) is 5. The number of halogens is 1. The predicted molar refractivity (Wildman–Crippen MR) is 85.9 cm³/mol. The van der Waals surface area contributed by atoms with Crippen molar-refractivity contribution < 1.29 is 27.1 Å². The molecule has 1 saturated heterocycles. The molecule has 2 rings (SSSR count). The van der Waals surface area contributed by atoms with Crippen molar-refractivity contribution in [3.05, 3.63) is 30.1 Å². The molecule has 1 amide bonds. The Morgan fingerprint density at radius 1 is 1.29 bits per heavy atom. The second-order valence-electron chi connectivity index (χ2n) is 5.63. The van der Waals surface area contributed by atoms with Crippen LogP contribution in [0.25, 0.3) is 0 Å². The summed E-state index contributed by atoms with van der Waals surface area (Å²) in [6.07, 6.45) is 3.11. The van der Waals surface area contributed by atoms with Gasteiger partial charge in [-0.15, -0.1) is 0 Å². The van der Waals surface area contributed by atoms with Crippen molar-refractivity contribution in [3.8, 4) is 0 Å². The summed E-state index contributed by atoms with van der Waals surface area (Å²) in [5.74, 6) is -1.13. The van der Waals surface area contributed by atoms with Crippen LogP contribution in [-0.2, 0) is 24.1 Å². The maximum Gasteiger partial charge on any atom is 0.246 e. The molecule has 1 unspecified atom stereocenters. The Morgan fingerprint density at radius 2 is 2.04 bits per heavy atom. The summed E-state index contributed by atoms with van der Waals surface area (Å²) >= 11 is 0. The maximum absolute atomic E-state index is 12.8. The molecule has 1 heterocycles. The molecule has 0 bridgehead atoms. The average molecular weight is 359 g/mol. The van der Waals surface area contributed by atoms with Crippen LogP contribution in [0.5, 0.6) is 0 Å². The number of carbonyl (C=O) groups excluding carboxylic acids is 1. The van der Waals surface area contributed by atoms with E-state index in [1.807, 2.05) is 0 Å². The van der Waals surface area contributed by atoms with Crippen molar-refractivity contribution in [3.63, 3.8) is 0 Å². The van der Waals surface area contributed by atoms with Crippen LogP contribution in [0.3, 0.4) is 0 Å². The van der Waals surface area contributed by atoms with E-state index in [2.05, 4.69) is 5.32 Å². The van der Waals surface area contributed by atoms with Gasteiger partial charge in [0.05, 0.1) is 23.4 Å². The Labute approximate surface area is 141 Å². The fourth-order valence-electron chi connectivity index (χ4n) is 2.36. The number of rotatable bonds is 8. The molecular weight excluding hydrogens is 337 g/mol. The lowest BCUT2D eigenvalue weighted by atomic mass is 10.1. The first-order valence-corrected chi connectivity index (χ1v) is 9.57. The Hall–Kier alpha value is -1.51. The van der Waals surface area contributed by atoms with Gasteiger partial charge in [-0.2, -0.15) is 0 Å². The van der Waals surface area contributed by atoms with E-state index in [9.17, 15) is 17.6 Å². The van der Waals surface area contributed by atoms with Gasteiger partial charge in [0, 0.05) is 13.2 Å². The lowest BCUT2D eigenvalue weighted by Gasteiger charge is -2.22. The van der Waals surface area contributed by atoms with E-state index in [-0.39, 0.29) is 35.8 Å². The largest absolute Gasteiger partial charge is 0.376 e. The van der Waals surface area contributed by atoms with Gasteiger partial charge in [0.15, 0.2) is 9.84 Å². The minimum atomic E-state index is -3.55. The molecule has 0 spiro atoms. The first kappa shape index (κ1) is 18.8. The van der Waals surface area contributed by atoms with Gasteiger partial charge in [-0.25, -0.2) is 12.8 Å². The topological polar surface area (TPSA) is 81.7 Å². The number of ether oxygens (including phenoxy) is 2. The van der Waals surface area contributed by atoms with E-state index >= 15 is 0 Å². The van der Waals surface area contributed by atoms with Crippen LogP contribution < -0.4 is 5.32 Å². The SMILES string of the molecule is O=C(COCC1CCCCO1)NCCS(=O)(=O)c1ccc(F)cc1. The van der Waals surface area contributed by atoms with Crippen LogP contribution in [0, 0.1) is 5.82 Å². The summed E-state index contributed by atoms with van der Waals surface area (Å²) in [6.45, 7) is 0.932. The molecule has 6 nitrogen and oxygen atoms in total. The fraction of sp³-hybridized carbons (Fsp3) is 0.562. The minimum Gasteiger partial charge on any atom is -0.376 e.